The quantitative estimate of drug-likeness (QED) is 0.199. The first kappa shape index (κ1) is 27.1. The molecule has 0 spiro atoms. The highest BCUT2D eigenvalue weighted by Crippen LogP contribution is 2.49. The second kappa shape index (κ2) is 12.6. The average molecular weight is 457 g/mol. The van der Waals surface area contributed by atoms with Crippen LogP contribution in [-0.4, -0.2) is 49.3 Å². The molecular formula is C18H44O3S2Si3. The van der Waals surface area contributed by atoms with Gasteiger partial charge >= 0.3 is 0 Å². The van der Waals surface area contributed by atoms with Crippen LogP contribution in [0.25, 0.3) is 0 Å². The van der Waals surface area contributed by atoms with Crippen molar-refractivity contribution in [3.8, 4) is 0 Å². The van der Waals surface area contributed by atoms with Crippen molar-refractivity contribution < 1.29 is 12.2 Å². The van der Waals surface area contributed by atoms with Gasteiger partial charge in [-0.15, -0.1) is 0 Å². The fourth-order valence-corrected chi connectivity index (χ4v) is 20.4. The molecule has 0 saturated carbocycles. The van der Waals surface area contributed by atoms with Gasteiger partial charge in [-0.25, -0.2) is 10.6 Å². The monoisotopic (exact) mass is 456 g/mol. The first-order chi connectivity index (χ1) is 11.8. The molecule has 158 valence electrons. The van der Waals surface area contributed by atoms with Crippen LogP contribution in [0.4, 0.5) is 0 Å². The highest BCUT2D eigenvalue weighted by atomic mass is 32.3. The molecule has 0 heterocycles. The van der Waals surface area contributed by atoms with Crippen molar-refractivity contribution in [2.24, 2.45) is 5.92 Å². The predicted octanol–water partition coefficient (Wildman–Crippen LogP) is 6.86. The fraction of sp³-hybridized carbons (Fsp3) is 1.00. The molecule has 0 aliphatic heterocycles. The van der Waals surface area contributed by atoms with Gasteiger partial charge in [0.05, 0.1) is 0 Å². The van der Waals surface area contributed by atoms with E-state index in [0.717, 1.165) is 23.7 Å². The van der Waals surface area contributed by atoms with E-state index in [-0.39, 0.29) is 0 Å². The van der Waals surface area contributed by atoms with Gasteiger partial charge in [0.1, 0.15) is 0 Å². The van der Waals surface area contributed by atoms with Crippen LogP contribution < -0.4 is 0 Å². The van der Waals surface area contributed by atoms with Crippen molar-refractivity contribution in [1.82, 2.24) is 0 Å². The Morgan fingerprint density at radius 1 is 1.04 bits per heavy atom. The van der Waals surface area contributed by atoms with E-state index in [1.165, 1.54) is 30.8 Å². The molecule has 1 atom stereocenters. The number of hydrogen-bond donors (Lipinski definition) is 0. The van der Waals surface area contributed by atoms with E-state index in [1.54, 1.807) is 0 Å². The van der Waals surface area contributed by atoms with E-state index < -0.39 is 35.9 Å². The van der Waals surface area contributed by atoms with Gasteiger partial charge in [-0.05, 0) is 68.5 Å². The largest absolute Gasteiger partial charge is 0.389 e. The zero-order chi connectivity index (χ0) is 20.4. The minimum Gasteiger partial charge on any atom is -0.389 e. The Morgan fingerprint density at radius 3 is 2.12 bits per heavy atom. The van der Waals surface area contributed by atoms with Crippen molar-refractivity contribution in [2.45, 2.75) is 84.0 Å². The Bertz CT molecular complexity index is 415. The summed E-state index contributed by atoms with van der Waals surface area (Å²) in [6.07, 6.45) is 8.07. The lowest BCUT2D eigenvalue weighted by Gasteiger charge is -2.46. The van der Waals surface area contributed by atoms with Crippen molar-refractivity contribution in [3.63, 3.8) is 0 Å². The molecule has 0 N–H and O–H groups in total. The summed E-state index contributed by atoms with van der Waals surface area (Å²) in [7, 11) is -6.67. The molecule has 0 bridgehead atoms. The third-order valence-electron chi connectivity index (χ3n) is 3.88. The van der Waals surface area contributed by atoms with Crippen LogP contribution in [0.15, 0.2) is 0 Å². The third-order valence-corrected chi connectivity index (χ3v) is 18.6. The van der Waals surface area contributed by atoms with Gasteiger partial charge in [-0.1, -0.05) is 27.2 Å². The summed E-state index contributed by atoms with van der Waals surface area (Å²) in [6.45, 7) is 15.6. The van der Waals surface area contributed by atoms with Crippen LogP contribution in [0.1, 0.15) is 40.0 Å². The smallest absolute Gasteiger partial charge is 0.275 e. The van der Waals surface area contributed by atoms with Crippen LogP contribution in [0.3, 0.4) is 0 Å². The third kappa shape index (κ3) is 15.0. The highest BCUT2D eigenvalue weighted by Gasteiger charge is 2.37. The summed E-state index contributed by atoms with van der Waals surface area (Å²) < 4.78 is 25.4. The summed E-state index contributed by atoms with van der Waals surface area (Å²) in [5.41, 5.74) is 0.817. The molecule has 0 aliphatic carbocycles. The van der Waals surface area contributed by atoms with Crippen molar-refractivity contribution >= 4 is 47.7 Å². The summed E-state index contributed by atoms with van der Waals surface area (Å²) >= 11 is 2.07. The maximum atomic E-state index is 12.3. The Hall–Kier alpha value is 1.07. The molecule has 8 heteroatoms. The van der Waals surface area contributed by atoms with Crippen LogP contribution in [0, 0.1) is 5.92 Å². The van der Waals surface area contributed by atoms with Gasteiger partial charge < -0.3 is 12.2 Å². The summed E-state index contributed by atoms with van der Waals surface area (Å²) in [5, 5.41) is 0. The molecule has 0 rings (SSSR count). The van der Waals surface area contributed by atoms with Gasteiger partial charge in [-0.2, -0.15) is 11.8 Å². The maximum absolute atomic E-state index is 12.3. The Balaban J connectivity index is 4.60. The predicted molar refractivity (Wildman–Crippen MR) is 129 cm³/mol. The van der Waals surface area contributed by atoms with E-state index in [2.05, 4.69) is 64.3 Å². The Kier molecular flexibility index (Phi) is 13.1. The van der Waals surface area contributed by atoms with Crippen molar-refractivity contribution in [3.05, 3.63) is 0 Å². The van der Waals surface area contributed by atoms with Crippen LogP contribution in [-0.2, 0) is 12.2 Å². The van der Waals surface area contributed by atoms with Crippen molar-refractivity contribution in [1.29, 1.82) is 0 Å². The molecule has 0 fully saturated rings. The first-order valence-electron chi connectivity index (χ1n) is 10.0. The summed E-state index contributed by atoms with van der Waals surface area (Å²) in [6, 6.07) is 1.90. The van der Waals surface area contributed by atoms with Gasteiger partial charge in [0.2, 0.25) is 16.6 Å². The van der Waals surface area contributed by atoms with E-state index in [4.69, 9.17) is 7.74 Å². The second-order valence-electron chi connectivity index (χ2n) is 9.19. The van der Waals surface area contributed by atoms with Crippen LogP contribution in [0.2, 0.25) is 43.9 Å². The van der Waals surface area contributed by atoms with E-state index in [0.29, 0.717) is 0 Å². The van der Waals surface area contributed by atoms with Crippen LogP contribution >= 0.6 is 22.4 Å². The molecule has 1 unspecified atom stereocenters. The number of thioether (sulfide) groups is 1. The van der Waals surface area contributed by atoms with Gasteiger partial charge in [-0.3, -0.25) is 0 Å². The number of rotatable bonds is 15. The zero-order valence-electron chi connectivity index (χ0n) is 18.8. The van der Waals surface area contributed by atoms with Gasteiger partial charge in [0.25, 0.3) is 8.68 Å². The molecule has 3 nitrogen and oxygen atoms in total. The lowest BCUT2D eigenvalue weighted by atomic mass is 10.1. The molecule has 0 aliphatic rings. The second-order valence-corrected chi connectivity index (χ2v) is 24.9. The molecule has 0 saturated heterocycles. The topological polar surface area (TPSA) is 35.5 Å². The first-order valence-corrected chi connectivity index (χ1v) is 21.5. The van der Waals surface area contributed by atoms with Gasteiger partial charge in [0, 0.05) is 18.2 Å². The van der Waals surface area contributed by atoms with E-state index in [1.807, 2.05) is 6.92 Å². The van der Waals surface area contributed by atoms with Crippen LogP contribution in [0.5, 0.6) is 0 Å². The van der Waals surface area contributed by atoms with Crippen molar-refractivity contribution in [2.75, 3.05) is 24.0 Å². The fourth-order valence-electron chi connectivity index (χ4n) is 3.05. The molecular weight excluding hydrogens is 413 g/mol. The molecule has 0 radical (unpaired) electrons. The van der Waals surface area contributed by atoms with E-state index in [9.17, 15) is 4.46 Å². The number of hydrogen-bond acceptors (Lipinski definition) is 4. The summed E-state index contributed by atoms with van der Waals surface area (Å²) in [4.78, 5) is 0. The minimum absolute atomic E-state index is 0.797. The zero-order valence-corrected chi connectivity index (χ0v) is 23.4. The lowest BCUT2D eigenvalue weighted by molar-refractivity contribution is 0.497. The SMILES string of the molecule is CC[Si](=O)C[Si](C)(CCCSCCCC(C)C)OS(C)(C)O[Si](C)(C)C. The normalized spacial score (nSPS) is 15.9. The average Bonchev–Trinajstić information content (AvgIpc) is 2.42. The Labute approximate surface area is 173 Å². The summed E-state index contributed by atoms with van der Waals surface area (Å²) in [5.74, 6) is 3.27. The molecule has 0 aromatic rings. The molecule has 0 amide bonds. The Morgan fingerprint density at radius 2 is 1.62 bits per heavy atom. The molecule has 26 heavy (non-hydrogen) atoms. The standard InChI is InChI=1S/C18H44O3S2Si3/c1-10-24(19)17-26(9,21-23(4,5)20-25(6,7)8)16-12-15-22-14-11-13-18(2)3/h18H,10-17H2,1-9H3. The van der Waals surface area contributed by atoms with Gasteiger partial charge in [0.15, 0.2) is 0 Å². The molecule has 0 aromatic carbocycles. The lowest BCUT2D eigenvalue weighted by Crippen LogP contribution is -2.40. The molecule has 0 aromatic heterocycles. The minimum atomic E-state index is -2.00. The maximum Gasteiger partial charge on any atom is 0.275 e. The highest BCUT2D eigenvalue weighted by molar-refractivity contribution is 8.26. The van der Waals surface area contributed by atoms with E-state index >= 15 is 0 Å².